The number of anilines is 3. The molecule has 0 spiro atoms. The van der Waals surface area contributed by atoms with E-state index in [1.54, 1.807) is 11.9 Å². The fourth-order valence-corrected chi connectivity index (χ4v) is 3.93. The highest BCUT2D eigenvalue weighted by atomic mass is 16.2. The van der Waals surface area contributed by atoms with Crippen LogP contribution in [0.15, 0.2) is 54.6 Å². The minimum atomic E-state index is -0.236. The van der Waals surface area contributed by atoms with Gasteiger partial charge in [0.05, 0.1) is 11.8 Å². The highest BCUT2D eigenvalue weighted by molar-refractivity contribution is 6.04. The first-order valence-corrected chi connectivity index (χ1v) is 10.1. The monoisotopic (exact) mass is 377 g/mol. The Morgan fingerprint density at radius 3 is 2.29 bits per heavy atom. The first-order chi connectivity index (χ1) is 13.6. The van der Waals surface area contributed by atoms with Crippen molar-refractivity contribution < 1.29 is 9.59 Å². The predicted molar refractivity (Wildman–Crippen MR) is 113 cm³/mol. The number of hydrogen-bond acceptors (Lipinski definition) is 3. The lowest BCUT2D eigenvalue weighted by atomic mass is 10.1. The molecular formula is C23H27N3O2. The van der Waals surface area contributed by atoms with Gasteiger partial charge in [0, 0.05) is 37.2 Å². The highest BCUT2D eigenvalue weighted by Gasteiger charge is 2.49. The number of amides is 2. The van der Waals surface area contributed by atoms with Crippen LogP contribution in [-0.2, 0) is 9.59 Å². The molecule has 1 aliphatic heterocycles. The average Bonchev–Trinajstić information content (AvgIpc) is 3.56. The van der Waals surface area contributed by atoms with Crippen LogP contribution in [0.5, 0.6) is 0 Å². The number of para-hydroxylation sites is 1. The lowest BCUT2D eigenvalue weighted by Gasteiger charge is -2.28. The van der Waals surface area contributed by atoms with E-state index in [4.69, 9.17) is 0 Å². The van der Waals surface area contributed by atoms with E-state index in [9.17, 15) is 9.59 Å². The van der Waals surface area contributed by atoms with E-state index in [2.05, 4.69) is 22.3 Å². The summed E-state index contributed by atoms with van der Waals surface area (Å²) in [5.74, 6) is -0.518. The molecule has 2 unspecified atom stereocenters. The molecule has 5 nitrogen and oxygen atoms in total. The van der Waals surface area contributed by atoms with E-state index in [-0.39, 0.29) is 23.7 Å². The number of piperidine rings is 1. The lowest BCUT2D eigenvalue weighted by Crippen LogP contribution is -2.30. The van der Waals surface area contributed by atoms with Crippen LogP contribution in [0.3, 0.4) is 0 Å². The predicted octanol–water partition coefficient (Wildman–Crippen LogP) is 3.91. The van der Waals surface area contributed by atoms with E-state index < -0.39 is 0 Å². The van der Waals surface area contributed by atoms with Gasteiger partial charge in [-0.15, -0.1) is 0 Å². The van der Waals surface area contributed by atoms with E-state index in [0.717, 1.165) is 24.5 Å². The summed E-state index contributed by atoms with van der Waals surface area (Å²) in [4.78, 5) is 29.2. The Hall–Kier alpha value is -2.82. The summed E-state index contributed by atoms with van der Waals surface area (Å²) in [5.41, 5.74) is 2.86. The van der Waals surface area contributed by atoms with Crippen molar-refractivity contribution in [1.29, 1.82) is 0 Å². The van der Waals surface area contributed by atoms with Gasteiger partial charge in [0.15, 0.2) is 0 Å². The van der Waals surface area contributed by atoms with Gasteiger partial charge in [-0.1, -0.05) is 18.2 Å². The molecule has 4 rings (SSSR count). The number of carbonyl (C=O) groups excluding carboxylic acids is 2. The SMILES string of the molecule is CN(C(=O)C1CC1C(=O)Nc1ccc(N2CCCCC2)cc1)c1ccccc1. The maximum Gasteiger partial charge on any atom is 0.230 e. The standard InChI is InChI=1S/C23H27N3O2/c1-25(18-8-4-2-5-9-18)23(28)21-16-20(21)22(27)24-17-10-12-19(13-11-17)26-14-6-3-7-15-26/h2,4-5,8-13,20-21H,3,6-7,14-16H2,1H3,(H,24,27). The second kappa shape index (κ2) is 8.05. The van der Waals surface area contributed by atoms with E-state index in [1.165, 1.54) is 24.9 Å². The molecule has 2 fully saturated rings. The quantitative estimate of drug-likeness (QED) is 0.859. The molecule has 2 atom stereocenters. The van der Waals surface area contributed by atoms with E-state index in [0.29, 0.717) is 6.42 Å². The van der Waals surface area contributed by atoms with Crippen molar-refractivity contribution in [3.63, 3.8) is 0 Å². The number of benzene rings is 2. The van der Waals surface area contributed by atoms with Crippen molar-refractivity contribution in [3.8, 4) is 0 Å². The Morgan fingerprint density at radius 1 is 0.929 bits per heavy atom. The number of nitrogens with one attached hydrogen (secondary N) is 1. The summed E-state index contributed by atoms with van der Waals surface area (Å²) < 4.78 is 0. The second-order valence-electron chi connectivity index (χ2n) is 7.77. The molecule has 2 amide bonds. The normalized spacial score (nSPS) is 21.1. The minimum Gasteiger partial charge on any atom is -0.372 e. The van der Waals surface area contributed by atoms with Gasteiger partial charge in [0.25, 0.3) is 0 Å². The molecule has 1 aliphatic carbocycles. The summed E-state index contributed by atoms with van der Waals surface area (Å²) in [6.07, 6.45) is 4.42. The van der Waals surface area contributed by atoms with Gasteiger partial charge >= 0.3 is 0 Å². The van der Waals surface area contributed by atoms with Gasteiger partial charge in [0.1, 0.15) is 0 Å². The van der Waals surface area contributed by atoms with Crippen molar-refractivity contribution in [1.82, 2.24) is 0 Å². The average molecular weight is 377 g/mol. The maximum atomic E-state index is 12.6. The molecular weight excluding hydrogens is 350 g/mol. The van der Waals surface area contributed by atoms with E-state index in [1.807, 2.05) is 42.5 Å². The van der Waals surface area contributed by atoms with Gasteiger partial charge in [-0.25, -0.2) is 0 Å². The summed E-state index contributed by atoms with van der Waals surface area (Å²) in [7, 11) is 1.77. The third-order valence-corrected chi connectivity index (χ3v) is 5.77. The zero-order chi connectivity index (χ0) is 19.5. The molecule has 1 saturated heterocycles. The van der Waals surface area contributed by atoms with Crippen molar-refractivity contribution in [2.75, 3.05) is 35.3 Å². The highest BCUT2D eigenvalue weighted by Crippen LogP contribution is 2.41. The van der Waals surface area contributed by atoms with Crippen LogP contribution in [0, 0.1) is 11.8 Å². The third-order valence-electron chi connectivity index (χ3n) is 5.77. The first kappa shape index (κ1) is 18.5. The van der Waals surface area contributed by atoms with Crippen LogP contribution < -0.4 is 15.1 Å². The third kappa shape index (κ3) is 4.03. The van der Waals surface area contributed by atoms with Gasteiger partial charge in [-0.3, -0.25) is 9.59 Å². The Labute approximate surface area is 166 Å². The summed E-state index contributed by atoms with van der Waals surface area (Å²) in [6.45, 7) is 2.21. The first-order valence-electron chi connectivity index (χ1n) is 10.1. The van der Waals surface area contributed by atoms with Crippen molar-refractivity contribution in [2.24, 2.45) is 11.8 Å². The van der Waals surface area contributed by atoms with E-state index >= 15 is 0 Å². The van der Waals surface area contributed by atoms with Gasteiger partial charge in [0.2, 0.25) is 11.8 Å². The van der Waals surface area contributed by atoms with Gasteiger partial charge in [-0.2, -0.15) is 0 Å². The van der Waals surface area contributed by atoms with Crippen molar-refractivity contribution in [3.05, 3.63) is 54.6 Å². The molecule has 5 heteroatoms. The fraction of sp³-hybridized carbons (Fsp3) is 0.391. The van der Waals surface area contributed by atoms with Gasteiger partial charge < -0.3 is 15.1 Å². The zero-order valence-corrected chi connectivity index (χ0v) is 16.3. The molecule has 28 heavy (non-hydrogen) atoms. The van der Waals surface area contributed by atoms with Gasteiger partial charge in [-0.05, 0) is 62.1 Å². The summed E-state index contributed by atoms with van der Waals surface area (Å²) in [5, 5.41) is 2.97. The van der Waals surface area contributed by atoms with Crippen LogP contribution in [0.1, 0.15) is 25.7 Å². The molecule has 0 aromatic heterocycles. The smallest absolute Gasteiger partial charge is 0.230 e. The fourth-order valence-electron chi connectivity index (χ4n) is 3.93. The Bertz CT molecular complexity index is 829. The molecule has 0 bridgehead atoms. The second-order valence-corrected chi connectivity index (χ2v) is 7.77. The Balaban J connectivity index is 1.31. The number of nitrogens with zero attached hydrogens (tertiary/aromatic N) is 2. The number of carbonyl (C=O) groups is 2. The number of hydrogen-bond donors (Lipinski definition) is 1. The molecule has 1 saturated carbocycles. The molecule has 1 heterocycles. The molecule has 2 aromatic carbocycles. The van der Waals surface area contributed by atoms with Crippen LogP contribution >= 0.6 is 0 Å². The van der Waals surface area contributed by atoms with Crippen molar-refractivity contribution in [2.45, 2.75) is 25.7 Å². The zero-order valence-electron chi connectivity index (χ0n) is 16.3. The molecule has 1 N–H and O–H groups in total. The maximum absolute atomic E-state index is 12.6. The van der Waals surface area contributed by atoms with Crippen molar-refractivity contribution >= 4 is 28.9 Å². The molecule has 2 aliphatic rings. The summed E-state index contributed by atoms with van der Waals surface area (Å²) >= 11 is 0. The van der Waals surface area contributed by atoms with Crippen LogP contribution in [0.2, 0.25) is 0 Å². The topological polar surface area (TPSA) is 52.7 Å². The van der Waals surface area contributed by atoms with Crippen LogP contribution in [0.4, 0.5) is 17.1 Å². The Kier molecular flexibility index (Phi) is 5.33. The number of rotatable bonds is 5. The lowest BCUT2D eigenvalue weighted by molar-refractivity contribution is -0.123. The summed E-state index contributed by atoms with van der Waals surface area (Å²) in [6, 6.07) is 17.6. The van der Waals surface area contributed by atoms with Crippen LogP contribution in [-0.4, -0.2) is 32.0 Å². The Morgan fingerprint density at radius 2 is 1.61 bits per heavy atom. The minimum absolute atomic E-state index is 0.00629. The van der Waals surface area contributed by atoms with Crippen LogP contribution in [0.25, 0.3) is 0 Å². The molecule has 0 radical (unpaired) electrons. The molecule has 146 valence electrons. The molecule has 2 aromatic rings. The largest absolute Gasteiger partial charge is 0.372 e.